The van der Waals surface area contributed by atoms with Gasteiger partial charge in [-0.25, -0.2) is 0 Å². The van der Waals surface area contributed by atoms with E-state index in [2.05, 4.69) is 28.9 Å². The van der Waals surface area contributed by atoms with Crippen LogP contribution >= 0.6 is 11.8 Å². The molecule has 0 saturated carbocycles. The average Bonchev–Trinajstić information content (AvgIpc) is 2.54. The van der Waals surface area contributed by atoms with E-state index in [-0.39, 0.29) is 5.60 Å². The number of nitrogens with zero attached hydrogens (tertiary/aromatic N) is 1. The molecular weight excluding hydrogens is 280 g/mol. The summed E-state index contributed by atoms with van der Waals surface area (Å²) < 4.78 is 6.30. The molecule has 3 rings (SSSR count). The van der Waals surface area contributed by atoms with Gasteiger partial charge in [0.1, 0.15) is 0 Å². The molecule has 3 fully saturated rings. The summed E-state index contributed by atoms with van der Waals surface area (Å²) in [6.07, 6.45) is 9.04. The highest BCUT2D eigenvalue weighted by Crippen LogP contribution is 2.39. The Morgan fingerprint density at radius 2 is 1.90 bits per heavy atom. The van der Waals surface area contributed by atoms with Gasteiger partial charge < -0.3 is 10.1 Å². The van der Waals surface area contributed by atoms with Crippen LogP contribution in [0.3, 0.4) is 0 Å². The van der Waals surface area contributed by atoms with Gasteiger partial charge in [-0.1, -0.05) is 6.92 Å². The van der Waals surface area contributed by atoms with Gasteiger partial charge in [0.2, 0.25) is 0 Å². The summed E-state index contributed by atoms with van der Waals surface area (Å²) in [5.41, 5.74) is 0.229. The third-order valence-corrected chi connectivity index (χ3v) is 6.59. The van der Waals surface area contributed by atoms with Crippen molar-refractivity contribution in [1.82, 2.24) is 10.2 Å². The van der Waals surface area contributed by atoms with Crippen LogP contribution in [0.15, 0.2) is 0 Å². The van der Waals surface area contributed by atoms with Crippen molar-refractivity contribution in [1.29, 1.82) is 0 Å². The molecule has 1 N–H and O–H groups in total. The van der Waals surface area contributed by atoms with E-state index in [1.807, 2.05) is 0 Å². The Labute approximate surface area is 134 Å². The van der Waals surface area contributed by atoms with Crippen LogP contribution in [-0.4, -0.2) is 60.3 Å². The van der Waals surface area contributed by atoms with Crippen LogP contribution in [0.4, 0.5) is 0 Å². The zero-order chi connectivity index (χ0) is 14.5. The number of thioether (sulfide) groups is 1. The van der Waals surface area contributed by atoms with Gasteiger partial charge in [0.15, 0.2) is 0 Å². The monoisotopic (exact) mass is 312 g/mol. The van der Waals surface area contributed by atoms with E-state index >= 15 is 0 Å². The second kappa shape index (κ2) is 7.67. The number of hydrogen-bond donors (Lipinski definition) is 1. The van der Waals surface area contributed by atoms with Crippen LogP contribution in [0, 0.1) is 0 Å². The number of rotatable bonds is 4. The Kier molecular flexibility index (Phi) is 5.88. The van der Waals surface area contributed by atoms with Gasteiger partial charge >= 0.3 is 0 Å². The molecule has 0 amide bonds. The van der Waals surface area contributed by atoms with E-state index < -0.39 is 0 Å². The molecule has 0 aliphatic carbocycles. The maximum atomic E-state index is 6.30. The largest absolute Gasteiger partial charge is 0.375 e. The molecule has 21 heavy (non-hydrogen) atoms. The van der Waals surface area contributed by atoms with Crippen molar-refractivity contribution >= 4 is 11.8 Å². The molecule has 0 aromatic heterocycles. The summed E-state index contributed by atoms with van der Waals surface area (Å²) in [6.45, 7) is 7.01. The summed E-state index contributed by atoms with van der Waals surface area (Å²) >= 11 is 2.11. The summed E-state index contributed by atoms with van der Waals surface area (Å²) in [5, 5.41) is 3.52. The Hall–Kier alpha value is 0.230. The van der Waals surface area contributed by atoms with Crippen LogP contribution in [0.1, 0.15) is 51.9 Å². The van der Waals surface area contributed by atoms with Gasteiger partial charge in [-0.2, -0.15) is 11.8 Å². The highest BCUT2D eigenvalue weighted by Gasteiger charge is 2.41. The summed E-state index contributed by atoms with van der Waals surface area (Å²) in [6, 6.07) is 1.58. The number of piperidine rings is 1. The highest BCUT2D eigenvalue weighted by molar-refractivity contribution is 7.99. The molecule has 3 aliphatic heterocycles. The minimum atomic E-state index is 0.229. The third-order valence-electron chi connectivity index (χ3n) is 5.60. The SMILES string of the molecule is CCCN(C1CCNCC1)C1CCOC2(CCSCC2)C1. The average molecular weight is 313 g/mol. The van der Waals surface area contributed by atoms with Gasteiger partial charge in [0.05, 0.1) is 5.60 Å². The van der Waals surface area contributed by atoms with E-state index in [0.29, 0.717) is 0 Å². The van der Waals surface area contributed by atoms with Crippen molar-refractivity contribution in [3.05, 3.63) is 0 Å². The van der Waals surface area contributed by atoms with E-state index in [1.54, 1.807) is 0 Å². The summed E-state index contributed by atoms with van der Waals surface area (Å²) in [7, 11) is 0. The molecule has 122 valence electrons. The van der Waals surface area contributed by atoms with Crippen LogP contribution in [0.5, 0.6) is 0 Å². The smallest absolute Gasteiger partial charge is 0.0713 e. The van der Waals surface area contributed by atoms with Crippen molar-refractivity contribution in [2.45, 2.75) is 69.6 Å². The maximum Gasteiger partial charge on any atom is 0.0713 e. The Morgan fingerprint density at radius 1 is 1.14 bits per heavy atom. The molecular formula is C17H32N2OS. The van der Waals surface area contributed by atoms with Crippen molar-refractivity contribution in [3.8, 4) is 0 Å². The lowest BCUT2D eigenvalue weighted by Gasteiger charge is -2.49. The molecule has 0 bridgehead atoms. The normalized spacial score (nSPS) is 30.9. The van der Waals surface area contributed by atoms with Gasteiger partial charge in [0, 0.05) is 18.7 Å². The molecule has 3 aliphatic rings. The quantitative estimate of drug-likeness (QED) is 0.863. The molecule has 0 aromatic rings. The topological polar surface area (TPSA) is 24.5 Å². The first-order chi connectivity index (χ1) is 10.3. The molecule has 1 unspecified atom stereocenters. The summed E-state index contributed by atoms with van der Waals surface area (Å²) in [5.74, 6) is 2.60. The Bertz CT molecular complexity index is 308. The highest BCUT2D eigenvalue weighted by atomic mass is 32.2. The fourth-order valence-corrected chi connectivity index (χ4v) is 5.67. The number of hydrogen-bond acceptors (Lipinski definition) is 4. The fourth-order valence-electron chi connectivity index (χ4n) is 4.44. The molecule has 1 spiro atoms. The molecule has 0 aromatic carbocycles. The zero-order valence-electron chi connectivity index (χ0n) is 13.6. The van der Waals surface area contributed by atoms with Crippen LogP contribution in [-0.2, 0) is 4.74 Å². The lowest BCUT2D eigenvalue weighted by molar-refractivity contribution is -0.116. The van der Waals surface area contributed by atoms with E-state index in [9.17, 15) is 0 Å². The van der Waals surface area contributed by atoms with E-state index in [0.717, 1.165) is 18.7 Å². The number of nitrogens with one attached hydrogen (secondary N) is 1. The third kappa shape index (κ3) is 3.95. The molecule has 4 heteroatoms. The van der Waals surface area contributed by atoms with Crippen LogP contribution < -0.4 is 5.32 Å². The van der Waals surface area contributed by atoms with Crippen LogP contribution in [0.25, 0.3) is 0 Å². The van der Waals surface area contributed by atoms with E-state index in [4.69, 9.17) is 4.74 Å². The first-order valence-corrected chi connectivity index (χ1v) is 10.2. The molecule has 3 saturated heterocycles. The Balaban J connectivity index is 1.66. The van der Waals surface area contributed by atoms with Crippen molar-refractivity contribution in [3.63, 3.8) is 0 Å². The molecule has 3 nitrogen and oxygen atoms in total. The maximum absolute atomic E-state index is 6.30. The second-order valence-corrected chi connectivity index (χ2v) is 8.23. The van der Waals surface area contributed by atoms with E-state index in [1.165, 1.54) is 76.1 Å². The van der Waals surface area contributed by atoms with Gasteiger partial charge in [-0.3, -0.25) is 4.90 Å². The molecule has 0 radical (unpaired) electrons. The van der Waals surface area contributed by atoms with Gasteiger partial charge in [0.25, 0.3) is 0 Å². The minimum Gasteiger partial charge on any atom is -0.375 e. The first-order valence-electron chi connectivity index (χ1n) is 9.01. The standard InChI is InChI=1S/C17H32N2OS/c1-2-10-19(15-3-8-18-9-4-15)16-5-11-20-17(14-16)6-12-21-13-7-17/h15-16,18H,2-14H2,1H3. The zero-order valence-corrected chi connectivity index (χ0v) is 14.4. The van der Waals surface area contributed by atoms with Gasteiger partial charge in [-0.05, 0) is 76.1 Å². The summed E-state index contributed by atoms with van der Waals surface area (Å²) in [4.78, 5) is 2.87. The fraction of sp³-hybridized carbons (Fsp3) is 1.00. The Morgan fingerprint density at radius 3 is 2.62 bits per heavy atom. The van der Waals surface area contributed by atoms with Crippen molar-refractivity contribution < 1.29 is 4.74 Å². The molecule has 3 heterocycles. The second-order valence-electron chi connectivity index (χ2n) is 7.01. The minimum absolute atomic E-state index is 0.229. The lowest BCUT2D eigenvalue weighted by Crippen LogP contribution is -2.54. The van der Waals surface area contributed by atoms with Crippen LogP contribution in [0.2, 0.25) is 0 Å². The lowest BCUT2D eigenvalue weighted by atomic mass is 9.84. The first kappa shape index (κ1) is 16.1. The molecule has 1 atom stereocenters. The van der Waals surface area contributed by atoms with Crippen molar-refractivity contribution in [2.24, 2.45) is 0 Å². The number of ether oxygens (including phenoxy) is 1. The van der Waals surface area contributed by atoms with Gasteiger partial charge in [-0.15, -0.1) is 0 Å². The predicted molar refractivity (Wildman–Crippen MR) is 91.2 cm³/mol. The predicted octanol–water partition coefficient (Wildman–Crippen LogP) is 2.90. The van der Waals surface area contributed by atoms with Crippen molar-refractivity contribution in [2.75, 3.05) is 37.7 Å².